The van der Waals surface area contributed by atoms with E-state index in [4.69, 9.17) is 9.72 Å². The third-order valence-corrected chi connectivity index (χ3v) is 3.84. The van der Waals surface area contributed by atoms with E-state index >= 15 is 0 Å². The average Bonchev–Trinajstić information content (AvgIpc) is 3.38. The zero-order chi connectivity index (χ0) is 14.7. The molecular weight excluding hydrogens is 262 g/mol. The Labute approximate surface area is 125 Å². The molecule has 4 heteroatoms. The van der Waals surface area contributed by atoms with Crippen LogP contribution in [0.1, 0.15) is 37.1 Å². The van der Waals surface area contributed by atoms with E-state index in [9.17, 15) is 0 Å². The van der Waals surface area contributed by atoms with Crippen LogP contribution in [0.5, 0.6) is 5.75 Å². The van der Waals surface area contributed by atoms with Gasteiger partial charge in [0.25, 0.3) is 0 Å². The number of aromatic nitrogens is 2. The number of ether oxygens (including phenoxy) is 1. The minimum Gasteiger partial charge on any atom is -0.497 e. The summed E-state index contributed by atoms with van der Waals surface area (Å²) in [5, 5.41) is 0. The van der Waals surface area contributed by atoms with Crippen molar-refractivity contribution in [2.75, 3.05) is 18.6 Å². The molecule has 0 unspecified atom stereocenters. The second kappa shape index (κ2) is 6.12. The van der Waals surface area contributed by atoms with E-state index in [0.717, 1.165) is 30.5 Å². The zero-order valence-electron chi connectivity index (χ0n) is 12.6. The highest BCUT2D eigenvalue weighted by atomic mass is 16.5. The Morgan fingerprint density at radius 1 is 1.19 bits per heavy atom. The van der Waals surface area contributed by atoms with Gasteiger partial charge in [0, 0.05) is 25.2 Å². The van der Waals surface area contributed by atoms with Crippen LogP contribution >= 0.6 is 0 Å². The van der Waals surface area contributed by atoms with E-state index in [0.29, 0.717) is 5.92 Å². The van der Waals surface area contributed by atoms with Gasteiger partial charge in [-0.3, -0.25) is 0 Å². The topological polar surface area (TPSA) is 38.2 Å². The molecule has 2 aromatic rings. The lowest BCUT2D eigenvalue weighted by atomic mass is 10.2. The van der Waals surface area contributed by atoms with Crippen LogP contribution in [-0.2, 0) is 6.54 Å². The zero-order valence-corrected chi connectivity index (χ0v) is 12.6. The summed E-state index contributed by atoms with van der Waals surface area (Å²) in [7, 11) is 1.69. The molecule has 0 amide bonds. The first kappa shape index (κ1) is 13.9. The predicted molar refractivity (Wildman–Crippen MR) is 83.7 cm³/mol. The Kier molecular flexibility index (Phi) is 4.04. The van der Waals surface area contributed by atoms with Crippen molar-refractivity contribution < 1.29 is 4.74 Å². The van der Waals surface area contributed by atoms with Gasteiger partial charge in [-0.05, 0) is 43.5 Å². The third-order valence-electron chi connectivity index (χ3n) is 3.84. The quantitative estimate of drug-likeness (QED) is 0.814. The molecule has 0 spiro atoms. The largest absolute Gasteiger partial charge is 0.497 e. The fraction of sp³-hybridized carbons (Fsp3) is 0.412. The molecule has 0 aliphatic heterocycles. The monoisotopic (exact) mass is 283 g/mol. The van der Waals surface area contributed by atoms with Crippen molar-refractivity contribution in [2.24, 2.45) is 0 Å². The molecule has 1 aromatic carbocycles. The molecule has 0 bridgehead atoms. The van der Waals surface area contributed by atoms with E-state index < -0.39 is 0 Å². The second-order valence-corrected chi connectivity index (χ2v) is 5.41. The van der Waals surface area contributed by atoms with Crippen molar-refractivity contribution in [1.29, 1.82) is 0 Å². The molecule has 110 valence electrons. The average molecular weight is 283 g/mol. The molecule has 1 fully saturated rings. The Hall–Kier alpha value is -2.10. The number of anilines is 1. The van der Waals surface area contributed by atoms with Gasteiger partial charge < -0.3 is 9.64 Å². The summed E-state index contributed by atoms with van der Waals surface area (Å²) in [5.41, 5.74) is 1.25. The van der Waals surface area contributed by atoms with Crippen molar-refractivity contribution in [1.82, 2.24) is 9.97 Å². The molecule has 1 aliphatic rings. The Morgan fingerprint density at radius 3 is 2.57 bits per heavy atom. The maximum absolute atomic E-state index is 5.20. The van der Waals surface area contributed by atoms with Crippen LogP contribution < -0.4 is 9.64 Å². The molecule has 0 radical (unpaired) electrons. The molecular formula is C17H21N3O. The van der Waals surface area contributed by atoms with E-state index in [1.807, 2.05) is 24.4 Å². The van der Waals surface area contributed by atoms with Gasteiger partial charge in [-0.2, -0.15) is 0 Å². The highest BCUT2D eigenvalue weighted by Crippen LogP contribution is 2.38. The van der Waals surface area contributed by atoms with Gasteiger partial charge in [-0.25, -0.2) is 9.97 Å². The maximum atomic E-state index is 5.20. The minimum absolute atomic E-state index is 0.588. The van der Waals surface area contributed by atoms with Gasteiger partial charge in [0.05, 0.1) is 7.11 Å². The molecule has 1 aliphatic carbocycles. The number of hydrogen-bond acceptors (Lipinski definition) is 4. The number of rotatable bonds is 6. The van der Waals surface area contributed by atoms with Crippen molar-refractivity contribution >= 4 is 5.82 Å². The minimum atomic E-state index is 0.588. The van der Waals surface area contributed by atoms with Gasteiger partial charge >= 0.3 is 0 Å². The van der Waals surface area contributed by atoms with E-state index in [2.05, 4.69) is 28.9 Å². The van der Waals surface area contributed by atoms with Crippen LogP contribution in [0.3, 0.4) is 0 Å². The van der Waals surface area contributed by atoms with Crippen LogP contribution in [0.25, 0.3) is 0 Å². The Balaban J connectivity index is 1.75. The van der Waals surface area contributed by atoms with Crippen molar-refractivity contribution in [3.8, 4) is 5.75 Å². The van der Waals surface area contributed by atoms with Crippen molar-refractivity contribution in [3.05, 3.63) is 47.9 Å². The molecule has 1 heterocycles. The van der Waals surface area contributed by atoms with Crippen LogP contribution in [-0.4, -0.2) is 23.6 Å². The van der Waals surface area contributed by atoms with Crippen LogP contribution in [0.2, 0.25) is 0 Å². The fourth-order valence-corrected chi connectivity index (χ4v) is 2.38. The van der Waals surface area contributed by atoms with E-state index in [1.54, 1.807) is 7.11 Å². The highest BCUT2D eigenvalue weighted by Gasteiger charge is 2.26. The maximum Gasteiger partial charge on any atom is 0.133 e. The Morgan fingerprint density at radius 2 is 1.95 bits per heavy atom. The van der Waals surface area contributed by atoms with Crippen molar-refractivity contribution in [2.45, 2.75) is 32.2 Å². The molecule has 21 heavy (non-hydrogen) atoms. The molecule has 1 saturated carbocycles. The van der Waals surface area contributed by atoms with Gasteiger partial charge in [-0.15, -0.1) is 0 Å². The summed E-state index contributed by atoms with van der Waals surface area (Å²) >= 11 is 0. The third kappa shape index (κ3) is 3.32. The van der Waals surface area contributed by atoms with Crippen LogP contribution in [0.15, 0.2) is 36.5 Å². The van der Waals surface area contributed by atoms with Gasteiger partial charge in [-0.1, -0.05) is 12.1 Å². The first-order chi connectivity index (χ1) is 10.3. The molecule has 3 rings (SSSR count). The molecule has 1 aromatic heterocycles. The highest BCUT2D eigenvalue weighted by molar-refractivity contribution is 5.40. The summed E-state index contributed by atoms with van der Waals surface area (Å²) in [4.78, 5) is 11.4. The lowest BCUT2D eigenvalue weighted by Gasteiger charge is -2.22. The number of nitrogens with zero attached hydrogens (tertiary/aromatic N) is 3. The summed E-state index contributed by atoms with van der Waals surface area (Å²) in [5.74, 6) is 3.50. The van der Waals surface area contributed by atoms with Crippen molar-refractivity contribution in [3.63, 3.8) is 0 Å². The normalized spacial score (nSPS) is 14.0. The standard InChI is InChI=1S/C17H21N3O/c1-3-20(12-13-4-8-15(21-2)9-5-13)16-10-11-18-17(19-16)14-6-7-14/h4-5,8-11,14H,3,6-7,12H2,1-2H3. The van der Waals surface area contributed by atoms with Gasteiger partial charge in [0.15, 0.2) is 0 Å². The second-order valence-electron chi connectivity index (χ2n) is 5.41. The summed E-state index contributed by atoms with van der Waals surface area (Å²) < 4.78 is 5.20. The SMILES string of the molecule is CCN(Cc1ccc(OC)cc1)c1ccnc(C2CC2)n1. The lowest BCUT2D eigenvalue weighted by Crippen LogP contribution is -2.23. The summed E-state index contributed by atoms with van der Waals surface area (Å²) in [6.45, 7) is 3.93. The number of methoxy groups -OCH3 is 1. The number of hydrogen-bond donors (Lipinski definition) is 0. The molecule has 4 nitrogen and oxygen atoms in total. The summed E-state index contributed by atoms with van der Waals surface area (Å²) in [6, 6.07) is 10.2. The fourth-order valence-electron chi connectivity index (χ4n) is 2.38. The predicted octanol–water partition coefficient (Wildman–Crippen LogP) is 3.39. The molecule has 0 N–H and O–H groups in total. The lowest BCUT2D eigenvalue weighted by molar-refractivity contribution is 0.414. The molecule has 0 saturated heterocycles. The number of benzene rings is 1. The Bertz CT molecular complexity index is 593. The van der Waals surface area contributed by atoms with E-state index in [-0.39, 0.29) is 0 Å². The van der Waals surface area contributed by atoms with E-state index in [1.165, 1.54) is 18.4 Å². The smallest absolute Gasteiger partial charge is 0.133 e. The van der Waals surface area contributed by atoms with Crippen LogP contribution in [0.4, 0.5) is 5.82 Å². The summed E-state index contributed by atoms with van der Waals surface area (Å²) in [6.07, 6.45) is 4.34. The first-order valence-electron chi connectivity index (χ1n) is 7.51. The first-order valence-corrected chi connectivity index (χ1v) is 7.51. The van der Waals surface area contributed by atoms with Crippen LogP contribution in [0, 0.1) is 0 Å². The molecule has 0 atom stereocenters. The van der Waals surface area contributed by atoms with Gasteiger partial charge in [0.1, 0.15) is 17.4 Å². The van der Waals surface area contributed by atoms with Gasteiger partial charge in [0.2, 0.25) is 0 Å².